The number of carbonyl (C=O) groups is 1. The highest BCUT2D eigenvalue weighted by molar-refractivity contribution is 7.99. The quantitative estimate of drug-likeness (QED) is 0.272. The second-order valence-electron chi connectivity index (χ2n) is 13.3. The van der Waals surface area contributed by atoms with Crippen molar-refractivity contribution in [1.29, 1.82) is 0 Å². The van der Waals surface area contributed by atoms with Crippen molar-refractivity contribution in [3.05, 3.63) is 71.5 Å². The third-order valence-corrected chi connectivity index (χ3v) is 11.2. The van der Waals surface area contributed by atoms with Crippen LogP contribution in [0.25, 0.3) is 0 Å². The largest absolute Gasteiger partial charge is 0.392 e. The lowest BCUT2D eigenvalue weighted by Crippen LogP contribution is -2.60. The molecule has 2 heterocycles. The SMILES string of the molecule is CC1C(CSc2nncn2C)OC(c2ccc(NC(=O)NC34CC5CC(CC(C5)C3)C4)cc2)OC1c1ccc(CO)cc1. The molecule has 3 N–H and O–H groups in total. The molecule has 1 aliphatic heterocycles. The van der Waals surface area contributed by atoms with E-state index in [2.05, 4.69) is 27.8 Å². The summed E-state index contributed by atoms with van der Waals surface area (Å²) < 4.78 is 15.1. The second-order valence-corrected chi connectivity index (χ2v) is 14.2. The van der Waals surface area contributed by atoms with Gasteiger partial charge in [0.15, 0.2) is 11.4 Å². The van der Waals surface area contributed by atoms with Crippen LogP contribution in [-0.2, 0) is 23.1 Å². The van der Waals surface area contributed by atoms with Gasteiger partial charge in [0.2, 0.25) is 0 Å². The molecule has 9 nitrogen and oxygen atoms in total. The third-order valence-electron chi connectivity index (χ3n) is 10.0. The number of thioether (sulfide) groups is 1. The zero-order chi connectivity index (χ0) is 29.6. The molecule has 4 atom stereocenters. The van der Waals surface area contributed by atoms with Crippen molar-refractivity contribution in [1.82, 2.24) is 20.1 Å². The Morgan fingerprint density at radius 1 is 1.00 bits per heavy atom. The molecule has 228 valence electrons. The fraction of sp³-hybridized carbons (Fsp3) is 0.545. The van der Waals surface area contributed by atoms with Crippen molar-refractivity contribution >= 4 is 23.5 Å². The summed E-state index contributed by atoms with van der Waals surface area (Å²) in [5.74, 6) is 3.11. The van der Waals surface area contributed by atoms with Gasteiger partial charge in [0.05, 0.1) is 18.8 Å². The van der Waals surface area contributed by atoms with Crippen LogP contribution in [0, 0.1) is 23.7 Å². The molecular weight excluding hydrogens is 562 g/mol. The van der Waals surface area contributed by atoms with Crippen molar-refractivity contribution in [3.8, 4) is 0 Å². The van der Waals surface area contributed by atoms with Gasteiger partial charge >= 0.3 is 6.03 Å². The number of aliphatic hydroxyl groups excluding tert-OH is 1. The second kappa shape index (κ2) is 11.9. The molecule has 4 saturated carbocycles. The molecular formula is C33H41N5O4S. The van der Waals surface area contributed by atoms with E-state index in [9.17, 15) is 9.90 Å². The molecule has 4 bridgehead atoms. The molecule has 4 aliphatic carbocycles. The van der Waals surface area contributed by atoms with E-state index >= 15 is 0 Å². The Kier molecular flexibility index (Phi) is 7.96. The van der Waals surface area contributed by atoms with Gasteiger partial charge in [-0.25, -0.2) is 4.79 Å². The number of amides is 2. The Bertz CT molecular complexity index is 1390. The Labute approximate surface area is 257 Å². The number of rotatable bonds is 8. The summed E-state index contributed by atoms with van der Waals surface area (Å²) in [6.07, 6.45) is 8.25. The minimum atomic E-state index is -0.571. The number of aromatic nitrogens is 3. The molecule has 1 saturated heterocycles. The number of nitrogens with one attached hydrogen (secondary N) is 2. The number of hydrogen-bond donors (Lipinski definition) is 3. The highest BCUT2D eigenvalue weighted by atomic mass is 32.2. The van der Waals surface area contributed by atoms with E-state index in [0.29, 0.717) is 5.75 Å². The number of aryl methyl sites for hydroxylation is 1. The fourth-order valence-electron chi connectivity index (χ4n) is 8.26. The average molecular weight is 604 g/mol. The zero-order valence-corrected chi connectivity index (χ0v) is 25.6. The summed E-state index contributed by atoms with van der Waals surface area (Å²) in [7, 11) is 1.93. The first-order valence-electron chi connectivity index (χ1n) is 15.5. The minimum Gasteiger partial charge on any atom is -0.392 e. The first-order valence-corrected chi connectivity index (χ1v) is 16.5. The smallest absolute Gasteiger partial charge is 0.319 e. The lowest BCUT2D eigenvalue weighted by molar-refractivity contribution is -0.268. The summed E-state index contributed by atoms with van der Waals surface area (Å²) in [6.45, 7) is 2.16. The van der Waals surface area contributed by atoms with Crippen LogP contribution in [0.3, 0.4) is 0 Å². The van der Waals surface area contributed by atoms with E-state index in [1.54, 1.807) is 18.1 Å². The van der Waals surface area contributed by atoms with Crippen molar-refractivity contribution in [2.75, 3.05) is 11.1 Å². The normalized spacial score (nSPS) is 33.0. The average Bonchev–Trinajstić information content (AvgIpc) is 3.40. The van der Waals surface area contributed by atoms with Gasteiger partial charge in [0.25, 0.3) is 0 Å². The molecule has 2 amide bonds. The molecule has 1 aromatic heterocycles. The molecule has 0 spiro atoms. The van der Waals surface area contributed by atoms with Crippen LogP contribution in [0.4, 0.5) is 10.5 Å². The van der Waals surface area contributed by atoms with Crippen LogP contribution in [0.15, 0.2) is 60.0 Å². The molecule has 8 rings (SSSR count). The standard InChI is InChI=1S/C33H41N5O4S/c1-20-28(18-43-32-37-34-19-38(32)2)41-30(42-29(20)25-5-3-21(17-39)4-6-25)26-7-9-27(10-8-26)35-31(40)36-33-14-22-11-23(15-33)13-24(12-22)16-33/h3-10,19-20,22-24,28-30,39H,11-18H2,1-2H3,(H2,35,36,40). The Morgan fingerprint density at radius 3 is 2.26 bits per heavy atom. The summed E-state index contributed by atoms with van der Waals surface area (Å²) in [5, 5.41) is 25.0. The lowest BCUT2D eigenvalue weighted by Gasteiger charge is -2.56. The number of carbonyl (C=O) groups excluding carboxylic acids is 1. The molecule has 0 radical (unpaired) electrons. The number of hydrogen-bond acceptors (Lipinski definition) is 7. The van der Waals surface area contributed by atoms with E-state index in [1.165, 1.54) is 19.3 Å². The van der Waals surface area contributed by atoms with Crippen LogP contribution in [0.1, 0.15) is 74.5 Å². The Morgan fingerprint density at radius 2 is 1.65 bits per heavy atom. The van der Waals surface area contributed by atoms with Gasteiger partial charge in [-0.15, -0.1) is 10.2 Å². The number of nitrogens with zero attached hydrogens (tertiary/aromatic N) is 3. The molecule has 4 unspecified atom stereocenters. The first kappa shape index (κ1) is 28.8. The van der Waals surface area contributed by atoms with Gasteiger partial charge in [-0.1, -0.05) is 55.1 Å². The van der Waals surface area contributed by atoms with Crippen LogP contribution in [0.5, 0.6) is 0 Å². The predicted octanol–water partition coefficient (Wildman–Crippen LogP) is 5.98. The first-order chi connectivity index (χ1) is 20.9. The summed E-state index contributed by atoms with van der Waals surface area (Å²) >= 11 is 1.62. The number of benzene rings is 2. The Balaban J connectivity index is 1.04. The van der Waals surface area contributed by atoms with Crippen molar-refractivity contribution < 1.29 is 19.4 Å². The van der Waals surface area contributed by atoms with Crippen molar-refractivity contribution in [2.45, 2.75) is 81.2 Å². The van der Waals surface area contributed by atoms with E-state index in [-0.39, 0.29) is 36.3 Å². The molecule has 43 heavy (non-hydrogen) atoms. The van der Waals surface area contributed by atoms with Gasteiger partial charge < -0.3 is 29.8 Å². The number of anilines is 1. The fourth-order valence-corrected chi connectivity index (χ4v) is 9.31. The maximum atomic E-state index is 13.1. The summed E-state index contributed by atoms with van der Waals surface area (Å²) in [5.41, 5.74) is 3.53. The molecule has 2 aromatic carbocycles. The number of ether oxygens (including phenoxy) is 2. The molecule has 5 aliphatic rings. The minimum absolute atomic E-state index is 0.00497. The molecule has 3 aromatic rings. The highest BCUT2D eigenvalue weighted by Crippen LogP contribution is 2.55. The van der Waals surface area contributed by atoms with Gasteiger partial charge in [0, 0.05) is 35.5 Å². The molecule has 5 fully saturated rings. The maximum absolute atomic E-state index is 13.1. The monoisotopic (exact) mass is 603 g/mol. The van der Waals surface area contributed by atoms with Crippen LogP contribution in [-0.4, -0.2) is 43.3 Å². The lowest BCUT2D eigenvalue weighted by atomic mass is 9.53. The van der Waals surface area contributed by atoms with E-state index in [0.717, 1.165) is 64.6 Å². The predicted molar refractivity (Wildman–Crippen MR) is 164 cm³/mol. The molecule has 10 heteroatoms. The van der Waals surface area contributed by atoms with Crippen LogP contribution in [0.2, 0.25) is 0 Å². The van der Waals surface area contributed by atoms with Gasteiger partial charge in [-0.05, 0) is 79.5 Å². The summed E-state index contributed by atoms with van der Waals surface area (Å²) in [4.78, 5) is 13.1. The maximum Gasteiger partial charge on any atom is 0.319 e. The van der Waals surface area contributed by atoms with Crippen LogP contribution >= 0.6 is 11.8 Å². The number of aliphatic hydroxyl groups is 1. The van der Waals surface area contributed by atoms with Crippen molar-refractivity contribution in [2.24, 2.45) is 30.7 Å². The van der Waals surface area contributed by atoms with E-state index in [4.69, 9.17) is 9.47 Å². The van der Waals surface area contributed by atoms with E-state index in [1.807, 2.05) is 60.1 Å². The van der Waals surface area contributed by atoms with Crippen molar-refractivity contribution in [3.63, 3.8) is 0 Å². The zero-order valence-electron chi connectivity index (χ0n) is 24.8. The van der Waals surface area contributed by atoms with Crippen LogP contribution < -0.4 is 10.6 Å². The number of urea groups is 1. The third kappa shape index (κ3) is 6.07. The van der Waals surface area contributed by atoms with Gasteiger partial charge in [-0.2, -0.15) is 0 Å². The topological polar surface area (TPSA) is 111 Å². The van der Waals surface area contributed by atoms with Gasteiger partial charge in [-0.3, -0.25) is 0 Å². The van der Waals surface area contributed by atoms with E-state index < -0.39 is 6.29 Å². The Hall–Kier alpha value is -2.92. The van der Waals surface area contributed by atoms with Gasteiger partial charge in [0.1, 0.15) is 6.33 Å². The summed E-state index contributed by atoms with van der Waals surface area (Å²) in [6, 6.07) is 15.6. The highest BCUT2D eigenvalue weighted by Gasteiger charge is 2.51.